The van der Waals surface area contributed by atoms with Crippen molar-refractivity contribution in [3.63, 3.8) is 0 Å². The highest BCUT2D eigenvalue weighted by molar-refractivity contribution is 6.03. The minimum atomic E-state index is -0.0942. The lowest BCUT2D eigenvalue weighted by molar-refractivity contribution is 0.0852. The molecule has 124 valence electrons. The standard InChI is InChI=1S/C16H23N5O2/c1-11-3-4-12(9-21(11)7-2-8-22)20-16(23)13-5-6-17-15-14(13)18-10-19-15/h5-6,10-12,22H,2-4,7-9H2,1H3,(H,20,23)(H,17,18,19). The number of imidazole rings is 1. The molecule has 3 rings (SSSR count). The zero-order valence-corrected chi connectivity index (χ0v) is 13.3. The van der Waals surface area contributed by atoms with Gasteiger partial charge in [0.05, 0.1) is 17.4 Å². The number of nitrogens with one attached hydrogen (secondary N) is 2. The molecule has 2 atom stereocenters. The molecule has 23 heavy (non-hydrogen) atoms. The number of likely N-dealkylation sites (tertiary alicyclic amines) is 1. The SMILES string of the molecule is CC1CCC(NC(=O)c2ccnc3nc[nH]c23)CN1CCCO. The lowest BCUT2D eigenvalue weighted by atomic mass is 9.98. The van der Waals surface area contributed by atoms with Crippen molar-refractivity contribution < 1.29 is 9.90 Å². The highest BCUT2D eigenvalue weighted by atomic mass is 16.3. The Morgan fingerprint density at radius 3 is 3.17 bits per heavy atom. The van der Waals surface area contributed by atoms with Crippen LogP contribution in [-0.4, -0.2) is 62.6 Å². The molecule has 0 spiro atoms. The third kappa shape index (κ3) is 3.51. The highest BCUT2D eigenvalue weighted by Gasteiger charge is 2.26. The molecule has 7 heteroatoms. The van der Waals surface area contributed by atoms with Crippen LogP contribution in [0.25, 0.3) is 11.2 Å². The molecule has 1 aliphatic heterocycles. The van der Waals surface area contributed by atoms with Crippen LogP contribution in [0.1, 0.15) is 36.5 Å². The second-order valence-electron chi connectivity index (χ2n) is 6.13. The molecule has 3 N–H and O–H groups in total. The van der Waals surface area contributed by atoms with Gasteiger partial charge in [-0.1, -0.05) is 0 Å². The number of H-pyrrole nitrogens is 1. The predicted octanol–water partition coefficient (Wildman–Crippen LogP) is 0.923. The number of aromatic nitrogens is 3. The van der Waals surface area contributed by atoms with Gasteiger partial charge in [0.15, 0.2) is 5.65 Å². The van der Waals surface area contributed by atoms with Gasteiger partial charge >= 0.3 is 0 Å². The molecule has 1 saturated heterocycles. The summed E-state index contributed by atoms with van der Waals surface area (Å²) in [4.78, 5) is 26.1. The molecule has 2 aromatic rings. The van der Waals surface area contributed by atoms with Gasteiger partial charge in [0, 0.05) is 38.0 Å². The van der Waals surface area contributed by atoms with Crippen molar-refractivity contribution in [1.82, 2.24) is 25.2 Å². The fourth-order valence-electron chi connectivity index (χ4n) is 3.18. The first-order valence-electron chi connectivity index (χ1n) is 8.13. The Bertz CT molecular complexity index is 671. The monoisotopic (exact) mass is 317 g/mol. The maximum Gasteiger partial charge on any atom is 0.253 e. The summed E-state index contributed by atoms with van der Waals surface area (Å²) in [5.74, 6) is -0.0942. The zero-order chi connectivity index (χ0) is 16.2. The summed E-state index contributed by atoms with van der Waals surface area (Å²) in [6, 6.07) is 2.34. The van der Waals surface area contributed by atoms with E-state index in [2.05, 4.69) is 32.1 Å². The third-order valence-corrected chi connectivity index (χ3v) is 4.52. The van der Waals surface area contributed by atoms with E-state index in [9.17, 15) is 4.79 Å². The van der Waals surface area contributed by atoms with Gasteiger partial charge in [-0.2, -0.15) is 0 Å². The number of aromatic amines is 1. The first-order valence-corrected chi connectivity index (χ1v) is 8.13. The predicted molar refractivity (Wildman–Crippen MR) is 87.1 cm³/mol. The van der Waals surface area contributed by atoms with Crippen molar-refractivity contribution in [3.05, 3.63) is 24.2 Å². The molecular weight excluding hydrogens is 294 g/mol. The molecule has 2 aromatic heterocycles. The number of pyridine rings is 1. The van der Waals surface area contributed by atoms with Gasteiger partial charge in [0.1, 0.15) is 0 Å². The lowest BCUT2D eigenvalue weighted by Crippen LogP contribution is -2.51. The molecule has 0 bridgehead atoms. The van der Waals surface area contributed by atoms with Crippen LogP contribution in [0.3, 0.4) is 0 Å². The molecule has 0 radical (unpaired) electrons. The Morgan fingerprint density at radius 1 is 1.48 bits per heavy atom. The Labute approximate surface area is 135 Å². The minimum absolute atomic E-state index is 0.0942. The van der Waals surface area contributed by atoms with Crippen LogP contribution >= 0.6 is 0 Å². The molecule has 3 heterocycles. The van der Waals surface area contributed by atoms with Crippen LogP contribution in [0.4, 0.5) is 0 Å². The van der Waals surface area contributed by atoms with Crippen LogP contribution < -0.4 is 5.32 Å². The molecule has 0 saturated carbocycles. The van der Waals surface area contributed by atoms with Gasteiger partial charge in [-0.3, -0.25) is 9.69 Å². The van der Waals surface area contributed by atoms with Crippen molar-refractivity contribution in [3.8, 4) is 0 Å². The number of rotatable bonds is 5. The number of piperidine rings is 1. The largest absolute Gasteiger partial charge is 0.396 e. The first kappa shape index (κ1) is 15.9. The van der Waals surface area contributed by atoms with Gasteiger partial charge in [0.2, 0.25) is 0 Å². The summed E-state index contributed by atoms with van der Waals surface area (Å²) in [6.45, 7) is 4.09. The summed E-state index contributed by atoms with van der Waals surface area (Å²) in [6.07, 6.45) is 5.94. The number of aliphatic hydroxyl groups excluding tert-OH is 1. The summed E-state index contributed by atoms with van der Waals surface area (Å²) in [7, 11) is 0. The van der Waals surface area contributed by atoms with E-state index in [1.54, 1.807) is 18.6 Å². The lowest BCUT2D eigenvalue weighted by Gasteiger charge is -2.38. The molecule has 0 aliphatic carbocycles. The van der Waals surface area contributed by atoms with Crippen molar-refractivity contribution >= 4 is 17.1 Å². The van der Waals surface area contributed by atoms with Crippen molar-refractivity contribution in [2.45, 2.75) is 38.3 Å². The molecule has 2 unspecified atom stereocenters. The second kappa shape index (κ2) is 7.06. The Hall–Kier alpha value is -1.99. The quantitative estimate of drug-likeness (QED) is 0.762. The number of fused-ring (bicyclic) bond motifs is 1. The molecule has 1 fully saturated rings. The Kier molecular flexibility index (Phi) is 4.88. The highest BCUT2D eigenvalue weighted by Crippen LogP contribution is 2.18. The average Bonchev–Trinajstić information content (AvgIpc) is 3.03. The van der Waals surface area contributed by atoms with Gasteiger partial charge in [-0.05, 0) is 32.3 Å². The number of hydrogen-bond acceptors (Lipinski definition) is 5. The van der Waals surface area contributed by atoms with E-state index in [4.69, 9.17) is 5.11 Å². The van der Waals surface area contributed by atoms with E-state index in [-0.39, 0.29) is 18.6 Å². The number of hydrogen-bond donors (Lipinski definition) is 3. The van der Waals surface area contributed by atoms with Crippen LogP contribution in [-0.2, 0) is 0 Å². The smallest absolute Gasteiger partial charge is 0.253 e. The van der Waals surface area contributed by atoms with E-state index in [1.807, 2.05) is 0 Å². The van der Waals surface area contributed by atoms with E-state index < -0.39 is 0 Å². The van der Waals surface area contributed by atoms with Crippen molar-refractivity contribution in [2.75, 3.05) is 19.7 Å². The normalized spacial score (nSPS) is 22.3. The molecule has 1 amide bonds. The Balaban J connectivity index is 1.66. The van der Waals surface area contributed by atoms with E-state index in [0.717, 1.165) is 32.4 Å². The van der Waals surface area contributed by atoms with Gasteiger partial charge < -0.3 is 15.4 Å². The minimum Gasteiger partial charge on any atom is -0.396 e. The van der Waals surface area contributed by atoms with Crippen molar-refractivity contribution in [2.24, 2.45) is 0 Å². The topological polar surface area (TPSA) is 94.1 Å². The fourth-order valence-corrected chi connectivity index (χ4v) is 3.18. The fraction of sp³-hybridized carbons (Fsp3) is 0.562. The number of carbonyl (C=O) groups is 1. The van der Waals surface area contributed by atoms with E-state index >= 15 is 0 Å². The second-order valence-corrected chi connectivity index (χ2v) is 6.13. The van der Waals surface area contributed by atoms with E-state index in [1.165, 1.54) is 0 Å². The first-order chi connectivity index (χ1) is 11.2. The van der Waals surface area contributed by atoms with Gasteiger partial charge in [-0.15, -0.1) is 0 Å². The van der Waals surface area contributed by atoms with Crippen LogP contribution in [0, 0.1) is 0 Å². The van der Waals surface area contributed by atoms with Gasteiger partial charge in [-0.25, -0.2) is 9.97 Å². The molecular formula is C16H23N5O2. The summed E-state index contributed by atoms with van der Waals surface area (Å²) in [5, 5.41) is 12.1. The average molecular weight is 317 g/mol. The molecule has 7 nitrogen and oxygen atoms in total. The van der Waals surface area contributed by atoms with E-state index in [0.29, 0.717) is 22.8 Å². The third-order valence-electron chi connectivity index (χ3n) is 4.52. The number of amides is 1. The van der Waals surface area contributed by atoms with Crippen LogP contribution in [0.5, 0.6) is 0 Å². The maximum atomic E-state index is 12.6. The summed E-state index contributed by atoms with van der Waals surface area (Å²) in [5.41, 5.74) is 1.80. The summed E-state index contributed by atoms with van der Waals surface area (Å²) < 4.78 is 0. The molecule has 1 aliphatic rings. The number of nitrogens with zero attached hydrogens (tertiary/aromatic N) is 3. The number of carbonyl (C=O) groups excluding carboxylic acids is 1. The molecule has 0 aromatic carbocycles. The number of aliphatic hydroxyl groups is 1. The Morgan fingerprint density at radius 2 is 2.35 bits per heavy atom. The van der Waals surface area contributed by atoms with Crippen LogP contribution in [0.15, 0.2) is 18.6 Å². The summed E-state index contributed by atoms with van der Waals surface area (Å²) >= 11 is 0. The van der Waals surface area contributed by atoms with Gasteiger partial charge in [0.25, 0.3) is 5.91 Å². The maximum absolute atomic E-state index is 12.6. The van der Waals surface area contributed by atoms with Crippen molar-refractivity contribution in [1.29, 1.82) is 0 Å². The van der Waals surface area contributed by atoms with Crippen LogP contribution in [0.2, 0.25) is 0 Å². The zero-order valence-electron chi connectivity index (χ0n) is 13.3.